The van der Waals surface area contributed by atoms with E-state index in [1.165, 1.54) is 17.4 Å². The van der Waals surface area contributed by atoms with E-state index in [0.717, 1.165) is 23.5 Å². The van der Waals surface area contributed by atoms with Crippen LogP contribution in [0, 0.1) is 40.7 Å². The van der Waals surface area contributed by atoms with Gasteiger partial charge in [0.25, 0.3) is 5.69 Å². The van der Waals surface area contributed by atoms with Crippen molar-refractivity contribution in [2.45, 2.75) is 58.8 Å². The average molecular weight is 505 g/mol. The minimum atomic E-state index is -0.466. The van der Waals surface area contributed by atoms with Crippen molar-refractivity contribution in [2.75, 3.05) is 13.2 Å². The molecule has 10 heteroatoms. The Balaban J connectivity index is 1.34. The van der Waals surface area contributed by atoms with Crippen LogP contribution in [-0.2, 0) is 20.9 Å². The number of nitrogens with zero attached hydrogens (tertiary/aromatic N) is 2. The molecular weight excluding hydrogens is 472 g/mol. The first-order valence-corrected chi connectivity index (χ1v) is 12.9. The lowest BCUT2D eigenvalue weighted by atomic mass is 9.86. The predicted octanol–water partition coefficient (Wildman–Crippen LogP) is 4.60. The van der Waals surface area contributed by atoms with Gasteiger partial charge in [0.2, 0.25) is 0 Å². The van der Waals surface area contributed by atoms with Gasteiger partial charge < -0.3 is 19.3 Å². The molecule has 2 fully saturated rings. The van der Waals surface area contributed by atoms with Crippen molar-refractivity contribution in [3.8, 4) is 5.75 Å². The van der Waals surface area contributed by atoms with Gasteiger partial charge >= 0.3 is 5.97 Å². The maximum absolute atomic E-state index is 11.7. The number of aliphatic hydroxyl groups excluding tert-OH is 1. The summed E-state index contributed by atoms with van der Waals surface area (Å²) in [7, 11) is 0. The molecule has 1 saturated carbocycles. The number of aryl methyl sites for hydroxylation is 1. The number of esters is 1. The van der Waals surface area contributed by atoms with Crippen LogP contribution in [0.3, 0.4) is 0 Å². The summed E-state index contributed by atoms with van der Waals surface area (Å²) in [6.45, 7) is 6.36. The normalized spacial score (nSPS) is 26.3. The Kier molecular flexibility index (Phi) is 8.03. The number of benzene rings is 1. The summed E-state index contributed by atoms with van der Waals surface area (Å²) in [5.74, 6) is 0.637. The van der Waals surface area contributed by atoms with Crippen molar-refractivity contribution in [3.63, 3.8) is 0 Å². The number of fused-ring (bicyclic) bond motifs is 1. The van der Waals surface area contributed by atoms with Crippen LogP contribution in [0.1, 0.15) is 55.5 Å². The van der Waals surface area contributed by atoms with E-state index >= 15 is 0 Å². The minimum Gasteiger partial charge on any atom is -0.493 e. The zero-order valence-electron chi connectivity index (χ0n) is 20.2. The summed E-state index contributed by atoms with van der Waals surface area (Å²) in [4.78, 5) is 27.0. The smallest absolute Gasteiger partial charge is 0.308 e. The maximum atomic E-state index is 11.7. The van der Waals surface area contributed by atoms with E-state index in [2.05, 4.69) is 4.98 Å². The summed E-state index contributed by atoms with van der Waals surface area (Å²) in [5.41, 5.74) is 1.34. The second-order valence-electron chi connectivity index (χ2n) is 9.75. The van der Waals surface area contributed by atoms with Crippen molar-refractivity contribution >= 4 is 23.0 Å². The lowest BCUT2D eigenvalue weighted by Gasteiger charge is -2.23. The number of aliphatic hydroxyl groups is 1. The third-order valence-corrected chi connectivity index (χ3v) is 7.94. The third-order valence-electron chi connectivity index (χ3n) is 6.95. The van der Waals surface area contributed by atoms with Crippen LogP contribution in [0.25, 0.3) is 0 Å². The summed E-state index contributed by atoms with van der Waals surface area (Å²) in [6.07, 6.45) is 1.76. The van der Waals surface area contributed by atoms with Gasteiger partial charge in [-0.2, -0.15) is 0 Å². The summed E-state index contributed by atoms with van der Waals surface area (Å²) >= 11 is 1.52. The topological polar surface area (TPSA) is 121 Å². The Bertz CT molecular complexity index is 1060. The largest absolute Gasteiger partial charge is 0.493 e. The summed E-state index contributed by atoms with van der Waals surface area (Å²) in [6, 6.07) is 4.73. The number of nitro benzene ring substituents is 1. The predicted molar refractivity (Wildman–Crippen MR) is 129 cm³/mol. The van der Waals surface area contributed by atoms with E-state index < -0.39 is 11.0 Å². The zero-order chi connectivity index (χ0) is 25.1. The number of nitro groups is 1. The number of thiazole rings is 1. The van der Waals surface area contributed by atoms with Gasteiger partial charge in [0.15, 0.2) is 0 Å². The molecule has 1 aliphatic carbocycles. The Morgan fingerprint density at radius 3 is 2.89 bits per heavy atom. The van der Waals surface area contributed by atoms with Crippen LogP contribution in [0.15, 0.2) is 23.6 Å². The highest BCUT2D eigenvalue weighted by Gasteiger charge is 2.44. The van der Waals surface area contributed by atoms with Crippen molar-refractivity contribution in [1.29, 1.82) is 0 Å². The lowest BCUT2D eigenvalue weighted by molar-refractivity contribution is -0.385. The highest BCUT2D eigenvalue weighted by molar-refractivity contribution is 7.09. The zero-order valence-corrected chi connectivity index (χ0v) is 21.0. The molecule has 1 aromatic heterocycles. The first kappa shape index (κ1) is 25.5. The summed E-state index contributed by atoms with van der Waals surface area (Å²) in [5, 5.41) is 24.5. The molecule has 190 valence electrons. The van der Waals surface area contributed by atoms with Gasteiger partial charge in [-0.3, -0.25) is 14.9 Å². The first-order valence-electron chi connectivity index (χ1n) is 12.0. The van der Waals surface area contributed by atoms with Gasteiger partial charge in [0, 0.05) is 22.9 Å². The van der Waals surface area contributed by atoms with E-state index in [0.29, 0.717) is 30.9 Å². The van der Waals surface area contributed by atoms with Crippen LogP contribution in [0.5, 0.6) is 5.75 Å². The number of aromatic nitrogens is 1. The van der Waals surface area contributed by atoms with Crippen molar-refractivity contribution in [1.82, 2.24) is 4.98 Å². The molecule has 1 N–H and O–H groups in total. The van der Waals surface area contributed by atoms with Gasteiger partial charge in [-0.25, -0.2) is 4.98 Å². The highest BCUT2D eigenvalue weighted by Crippen LogP contribution is 2.45. The molecule has 0 amide bonds. The number of ether oxygens (including phenoxy) is 3. The number of rotatable bonds is 8. The standard InChI is InChI=1S/C25H32N2O7S/c1-14(2)25(29)34-11-17-13-35-24(26-17)23-7-5-19-16(10-33-23)9-22(28)20(19)12-32-18-4-6-21(27(30)31)15(3)8-18/h4,6,8,13-14,16,19-20,22-23,28H,5,7,9-12H2,1-3H3/t16-,19+,20-,22-,23-/m1/s1. The SMILES string of the molecule is Cc1cc(OC[C@@H]2[C@H]3CC[C@H](c4nc(COC(=O)C(C)C)cs4)OC[C@H]3C[C@H]2O)ccc1[N+](=O)[O-]. The molecule has 0 bridgehead atoms. The quantitative estimate of drug-likeness (QED) is 0.314. The average Bonchev–Trinajstić information content (AvgIpc) is 3.34. The lowest BCUT2D eigenvalue weighted by Crippen LogP contribution is -2.27. The van der Waals surface area contributed by atoms with Crippen LogP contribution >= 0.6 is 11.3 Å². The van der Waals surface area contributed by atoms with E-state index in [9.17, 15) is 20.0 Å². The minimum absolute atomic E-state index is 0.0276. The molecule has 0 radical (unpaired) electrons. The fourth-order valence-electron chi connectivity index (χ4n) is 5.00. The number of carbonyl (C=O) groups excluding carboxylic acids is 1. The molecular formula is C25H32N2O7S. The van der Waals surface area contributed by atoms with E-state index in [-0.39, 0.29) is 48.0 Å². The molecule has 5 atom stereocenters. The van der Waals surface area contributed by atoms with E-state index in [1.807, 2.05) is 5.38 Å². The Morgan fingerprint density at radius 1 is 1.37 bits per heavy atom. The van der Waals surface area contributed by atoms with Crippen molar-refractivity contribution in [3.05, 3.63) is 50.0 Å². The fourth-order valence-corrected chi connectivity index (χ4v) is 5.88. The van der Waals surface area contributed by atoms with Crippen LogP contribution in [0.2, 0.25) is 0 Å². The van der Waals surface area contributed by atoms with Gasteiger partial charge in [-0.05, 0) is 50.2 Å². The van der Waals surface area contributed by atoms with Gasteiger partial charge in [-0.15, -0.1) is 11.3 Å². The molecule has 0 unspecified atom stereocenters. The Labute approximate surface area is 208 Å². The second-order valence-corrected chi connectivity index (χ2v) is 10.6. The molecule has 9 nitrogen and oxygen atoms in total. The molecule has 2 aromatic rings. The highest BCUT2D eigenvalue weighted by atomic mass is 32.1. The fraction of sp³-hybridized carbons (Fsp3) is 0.600. The van der Waals surface area contributed by atoms with Crippen molar-refractivity contribution in [2.24, 2.45) is 23.7 Å². The monoisotopic (exact) mass is 504 g/mol. The van der Waals surface area contributed by atoms with Gasteiger partial charge in [0.05, 0.1) is 35.9 Å². The van der Waals surface area contributed by atoms with E-state index in [4.69, 9.17) is 14.2 Å². The van der Waals surface area contributed by atoms with Crippen LogP contribution in [-0.4, -0.2) is 40.3 Å². The first-order chi connectivity index (χ1) is 16.7. The molecule has 0 spiro atoms. The van der Waals surface area contributed by atoms with Gasteiger partial charge in [-0.1, -0.05) is 13.8 Å². The molecule has 1 aliphatic heterocycles. The Hall–Kier alpha value is -2.56. The Morgan fingerprint density at radius 2 is 2.17 bits per heavy atom. The van der Waals surface area contributed by atoms with Crippen LogP contribution in [0.4, 0.5) is 5.69 Å². The molecule has 35 heavy (non-hydrogen) atoms. The summed E-state index contributed by atoms with van der Waals surface area (Å²) < 4.78 is 17.5. The second kappa shape index (κ2) is 11.0. The molecule has 1 aromatic carbocycles. The number of hydrogen-bond acceptors (Lipinski definition) is 9. The molecule has 2 aliphatic rings. The van der Waals surface area contributed by atoms with E-state index in [1.54, 1.807) is 32.9 Å². The maximum Gasteiger partial charge on any atom is 0.308 e. The van der Waals surface area contributed by atoms with Crippen molar-refractivity contribution < 1.29 is 29.0 Å². The molecule has 4 rings (SSSR count). The molecule has 2 heterocycles. The van der Waals surface area contributed by atoms with Gasteiger partial charge in [0.1, 0.15) is 23.5 Å². The number of carbonyl (C=O) groups is 1. The van der Waals surface area contributed by atoms with Crippen LogP contribution < -0.4 is 4.74 Å². The number of hydrogen-bond donors (Lipinski definition) is 1. The third kappa shape index (κ3) is 5.99. The molecule has 1 saturated heterocycles.